The zero-order valence-electron chi connectivity index (χ0n) is 12.3. The molecule has 0 saturated carbocycles. The molecule has 3 aromatic rings. The van der Waals surface area contributed by atoms with Crippen LogP contribution in [0.2, 0.25) is 0 Å². The molecule has 0 aliphatic rings. The van der Waals surface area contributed by atoms with Crippen LogP contribution >= 0.6 is 0 Å². The van der Waals surface area contributed by atoms with Crippen molar-refractivity contribution in [1.29, 1.82) is 0 Å². The fraction of sp³-hybridized carbons (Fsp3) is 0.176. The van der Waals surface area contributed by atoms with Gasteiger partial charge in [0.05, 0.1) is 11.0 Å². The number of aromatic nitrogens is 2. The van der Waals surface area contributed by atoms with E-state index in [2.05, 4.69) is 4.98 Å². The summed E-state index contributed by atoms with van der Waals surface area (Å²) in [7, 11) is 0. The van der Waals surface area contributed by atoms with Crippen molar-refractivity contribution in [1.82, 2.24) is 9.55 Å². The van der Waals surface area contributed by atoms with E-state index in [0.29, 0.717) is 15.7 Å². The molecule has 0 saturated heterocycles. The van der Waals surface area contributed by atoms with Crippen molar-refractivity contribution in [3.8, 4) is 11.3 Å². The Morgan fingerprint density at radius 1 is 1.00 bits per heavy atom. The van der Waals surface area contributed by atoms with Gasteiger partial charge in [-0.15, -0.1) is 0 Å². The van der Waals surface area contributed by atoms with Gasteiger partial charge in [0, 0.05) is 5.56 Å². The van der Waals surface area contributed by atoms with Gasteiger partial charge in [0.1, 0.15) is 18.9 Å². The number of benzene rings is 2. The first-order chi connectivity index (χ1) is 11.4. The van der Waals surface area contributed by atoms with E-state index in [9.17, 15) is 22.4 Å². The van der Waals surface area contributed by atoms with Crippen LogP contribution in [0.1, 0.15) is 5.56 Å². The maximum atomic E-state index is 12.9. The molecule has 3 rings (SSSR count). The lowest BCUT2D eigenvalue weighted by atomic mass is 10.1. The minimum Gasteiger partial charge on any atom is -0.296 e. The Bertz CT molecular complexity index is 930. The molecule has 0 atom stereocenters. The van der Waals surface area contributed by atoms with Gasteiger partial charge in [0.25, 0.3) is 5.56 Å². The Morgan fingerprint density at radius 2 is 1.67 bits per heavy atom. The highest BCUT2D eigenvalue weighted by atomic mass is 19.4. The fourth-order valence-corrected chi connectivity index (χ4v) is 2.47. The largest absolute Gasteiger partial charge is 0.406 e. The number of para-hydroxylation sites is 2. The standard InChI is InChI=1S/C17H12F4N2O/c18-9-11-5-7-12(8-6-11)15-16(24)23(10-17(19,20)21)14-4-2-1-3-13(14)22-15/h1-8H,9-10H2. The van der Waals surface area contributed by atoms with E-state index in [1.54, 1.807) is 18.2 Å². The van der Waals surface area contributed by atoms with Crippen LogP contribution in [0.5, 0.6) is 0 Å². The van der Waals surface area contributed by atoms with Gasteiger partial charge in [0.15, 0.2) is 0 Å². The van der Waals surface area contributed by atoms with Crippen molar-refractivity contribution in [2.24, 2.45) is 0 Å². The molecule has 0 N–H and O–H groups in total. The van der Waals surface area contributed by atoms with Crippen molar-refractivity contribution in [3.63, 3.8) is 0 Å². The first-order valence-electron chi connectivity index (χ1n) is 7.10. The summed E-state index contributed by atoms with van der Waals surface area (Å²) >= 11 is 0. The molecule has 0 fully saturated rings. The maximum Gasteiger partial charge on any atom is 0.406 e. The molecule has 0 radical (unpaired) electrons. The third kappa shape index (κ3) is 3.15. The summed E-state index contributed by atoms with van der Waals surface area (Å²) in [6, 6.07) is 12.0. The van der Waals surface area contributed by atoms with Crippen LogP contribution < -0.4 is 5.56 Å². The highest BCUT2D eigenvalue weighted by Gasteiger charge is 2.30. The lowest BCUT2D eigenvalue weighted by molar-refractivity contribution is -0.140. The summed E-state index contributed by atoms with van der Waals surface area (Å²) in [5, 5.41) is 0. The average molecular weight is 336 g/mol. The predicted octanol–water partition coefficient (Wildman–Crippen LogP) is 4.10. The minimum absolute atomic E-state index is 0.0941. The summed E-state index contributed by atoms with van der Waals surface area (Å²) in [6.45, 7) is -2.06. The van der Waals surface area contributed by atoms with Crippen molar-refractivity contribution in [3.05, 3.63) is 64.4 Å². The number of nitrogens with zero attached hydrogens (tertiary/aromatic N) is 2. The second-order valence-electron chi connectivity index (χ2n) is 5.29. The molecular formula is C17H12F4N2O. The number of hydrogen-bond acceptors (Lipinski definition) is 2. The Labute approximate surface area is 134 Å². The molecule has 3 nitrogen and oxygen atoms in total. The molecule has 24 heavy (non-hydrogen) atoms. The molecule has 0 aliphatic heterocycles. The second kappa shape index (κ2) is 6.07. The van der Waals surface area contributed by atoms with Gasteiger partial charge in [-0.1, -0.05) is 36.4 Å². The Morgan fingerprint density at radius 3 is 2.29 bits per heavy atom. The van der Waals surface area contributed by atoms with Crippen LogP contribution in [-0.4, -0.2) is 15.7 Å². The lowest BCUT2D eigenvalue weighted by Gasteiger charge is -2.14. The van der Waals surface area contributed by atoms with Gasteiger partial charge in [0.2, 0.25) is 0 Å². The highest BCUT2D eigenvalue weighted by Crippen LogP contribution is 2.22. The zero-order chi connectivity index (χ0) is 17.3. The summed E-state index contributed by atoms with van der Waals surface area (Å²) in [5.74, 6) is 0. The second-order valence-corrected chi connectivity index (χ2v) is 5.29. The fourth-order valence-electron chi connectivity index (χ4n) is 2.47. The van der Waals surface area contributed by atoms with E-state index in [1.807, 2.05) is 0 Å². The number of hydrogen-bond donors (Lipinski definition) is 0. The monoisotopic (exact) mass is 336 g/mol. The van der Waals surface area contributed by atoms with Crippen LogP contribution in [0, 0.1) is 0 Å². The Balaban J connectivity index is 2.25. The highest BCUT2D eigenvalue weighted by molar-refractivity contribution is 5.77. The molecular weight excluding hydrogens is 324 g/mol. The summed E-state index contributed by atoms with van der Waals surface area (Å²) in [4.78, 5) is 16.7. The lowest BCUT2D eigenvalue weighted by Crippen LogP contribution is -2.30. The van der Waals surface area contributed by atoms with Crippen LogP contribution in [-0.2, 0) is 13.2 Å². The van der Waals surface area contributed by atoms with E-state index >= 15 is 0 Å². The summed E-state index contributed by atoms with van der Waals surface area (Å²) in [6.07, 6.45) is -4.54. The van der Waals surface area contributed by atoms with Crippen LogP contribution in [0.25, 0.3) is 22.3 Å². The molecule has 0 unspecified atom stereocenters. The summed E-state index contributed by atoms with van der Waals surface area (Å²) < 4.78 is 51.8. The Hall–Kier alpha value is -2.70. The van der Waals surface area contributed by atoms with E-state index in [0.717, 1.165) is 0 Å². The SMILES string of the molecule is O=c1c(-c2ccc(CF)cc2)nc2ccccc2n1CC(F)(F)F. The first kappa shape index (κ1) is 16.2. The molecule has 7 heteroatoms. The van der Waals surface area contributed by atoms with Gasteiger partial charge in [-0.3, -0.25) is 9.36 Å². The number of rotatable bonds is 3. The van der Waals surface area contributed by atoms with E-state index in [-0.39, 0.29) is 16.7 Å². The third-order valence-corrected chi connectivity index (χ3v) is 3.57. The topological polar surface area (TPSA) is 34.9 Å². The zero-order valence-corrected chi connectivity index (χ0v) is 12.3. The quantitative estimate of drug-likeness (QED) is 0.675. The smallest absolute Gasteiger partial charge is 0.296 e. The molecule has 124 valence electrons. The normalized spacial score (nSPS) is 11.8. The predicted molar refractivity (Wildman–Crippen MR) is 82.3 cm³/mol. The first-order valence-corrected chi connectivity index (χ1v) is 7.10. The van der Waals surface area contributed by atoms with Crippen molar-refractivity contribution in [2.75, 3.05) is 0 Å². The van der Waals surface area contributed by atoms with E-state index in [1.165, 1.54) is 30.3 Å². The number of fused-ring (bicyclic) bond motifs is 1. The minimum atomic E-state index is -4.54. The van der Waals surface area contributed by atoms with Crippen LogP contribution in [0.4, 0.5) is 17.6 Å². The number of halogens is 4. The third-order valence-electron chi connectivity index (χ3n) is 3.57. The van der Waals surface area contributed by atoms with E-state index < -0.39 is 25.0 Å². The average Bonchev–Trinajstić information content (AvgIpc) is 2.56. The molecule has 0 bridgehead atoms. The van der Waals surface area contributed by atoms with Crippen molar-refractivity contribution in [2.45, 2.75) is 19.4 Å². The van der Waals surface area contributed by atoms with Crippen LogP contribution in [0.15, 0.2) is 53.3 Å². The van der Waals surface area contributed by atoms with E-state index in [4.69, 9.17) is 0 Å². The van der Waals surface area contributed by atoms with Gasteiger partial charge >= 0.3 is 6.18 Å². The molecule has 0 aliphatic carbocycles. The molecule has 0 amide bonds. The number of alkyl halides is 4. The molecule has 1 heterocycles. The van der Waals surface area contributed by atoms with Gasteiger partial charge < -0.3 is 0 Å². The van der Waals surface area contributed by atoms with Gasteiger partial charge in [-0.25, -0.2) is 9.37 Å². The molecule has 2 aromatic carbocycles. The van der Waals surface area contributed by atoms with Crippen molar-refractivity contribution < 1.29 is 17.6 Å². The maximum absolute atomic E-state index is 12.9. The molecule has 0 spiro atoms. The van der Waals surface area contributed by atoms with Crippen LogP contribution in [0.3, 0.4) is 0 Å². The Kier molecular flexibility index (Phi) is 4.09. The van der Waals surface area contributed by atoms with Gasteiger partial charge in [-0.05, 0) is 17.7 Å². The van der Waals surface area contributed by atoms with Gasteiger partial charge in [-0.2, -0.15) is 13.2 Å². The summed E-state index contributed by atoms with van der Waals surface area (Å²) in [5.41, 5.74) is 0.228. The van der Waals surface area contributed by atoms with Crippen molar-refractivity contribution >= 4 is 11.0 Å². The molecule has 1 aromatic heterocycles.